The quantitative estimate of drug-likeness (QED) is 0.547. The molecule has 0 heterocycles. The Labute approximate surface area is 159 Å². The summed E-state index contributed by atoms with van der Waals surface area (Å²) in [6.45, 7) is 1.50. The third kappa shape index (κ3) is 5.28. The van der Waals surface area contributed by atoms with E-state index in [1.54, 1.807) is 37.3 Å². The minimum Gasteiger partial charge on any atom is -0.482 e. The van der Waals surface area contributed by atoms with Gasteiger partial charge in [-0.2, -0.15) is 5.10 Å². The second-order valence-electron chi connectivity index (χ2n) is 4.72. The molecule has 24 heavy (non-hydrogen) atoms. The van der Waals surface area contributed by atoms with E-state index in [0.717, 1.165) is 5.56 Å². The molecule has 0 atom stereocenters. The molecule has 0 saturated heterocycles. The number of rotatable bonds is 5. The molecule has 0 spiro atoms. The molecule has 4 nitrogen and oxygen atoms in total. The lowest BCUT2D eigenvalue weighted by molar-refractivity contribution is -0.123. The largest absolute Gasteiger partial charge is 0.482 e. The molecule has 0 bridgehead atoms. The molecule has 0 aliphatic heterocycles. The van der Waals surface area contributed by atoms with Crippen molar-refractivity contribution in [3.05, 3.63) is 62.1 Å². The molecular formula is C16H12Cl4N2O2. The lowest BCUT2D eigenvalue weighted by Gasteiger charge is -2.08. The fraction of sp³-hybridized carbons (Fsp3) is 0.125. The first kappa shape index (κ1) is 18.9. The van der Waals surface area contributed by atoms with E-state index in [1.165, 1.54) is 6.07 Å². The highest BCUT2D eigenvalue weighted by molar-refractivity contribution is 6.42. The highest BCUT2D eigenvalue weighted by atomic mass is 35.5. The van der Waals surface area contributed by atoms with Crippen LogP contribution in [-0.2, 0) is 4.79 Å². The monoisotopic (exact) mass is 404 g/mol. The first-order chi connectivity index (χ1) is 11.4. The van der Waals surface area contributed by atoms with Crippen LogP contribution in [0, 0.1) is 0 Å². The number of carbonyl (C=O) groups is 1. The molecule has 1 amide bonds. The average molecular weight is 406 g/mol. The number of nitrogens with zero attached hydrogens (tertiary/aromatic N) is 1. The Morgan fingerprint density at radius 2 is 1.79 bits per heavy atom. The highest BCUT2D eigenvalue weighted by Crippen LogP contribution is 2.27. The van der Waals surface area contributed by atoms with Gasteiger partial charge >= 0.3 is 0 Å². The van der Waals surface area contributed by atoms with Gasteiger partial charge in [-0.25, -0.2) is 5.43 Å². The van der Waals surface area contributed by atoms with Crippen LogP contribution in [0.2, 0.25) is 20.1 Å². The van der Waals surface area contributed by atoms with Crippen molar-refractivity contribution in [2.75, 3.05) is 6.61 Å². The number of hydrogen-bond donors (Lipinski definition) is 1. The van der Waals surface area contributed by atoms with Crippen LogP contribution in [0.5, 0.6) is 5.75 Å². The summed E-state index contributed by atoms with van der Waals surface area (Å²) in [6.07, 6.45) is 0. The maximum absolute atomic E-state index is 11.8. The van der Waals surface area contributed by atoms with Crippen LogP contribution >= 0.6 is 46.4 Å². The van der Waals surface area contributed by atoms with E-state index in [9.17, 15) is 4.79 Å². The van der Waals surface area contributed by atoms with Crippen LogP contribution in [0.3, 0.4) is 0 Å². The second-order valence-corrected chi connectivity index (χ2v) is 6.38. The second kappa shape index (κ2) is 8.58. The zero-order chi connectivity index (χ0) is 17.7. The predicted octanol–water partition coefficient (Wildman–Crippen LogP) is 5.22. The Morgan fingerprint density at radius 1 is 1.04 bits per heavy atom. The standard InChI is InChI=1S/C16H12Cl4N2O2/c1-9(10-2-4-12(18)13(19)6-10)21-22-16(23)8-24-15-5-3-11(17)7-14(15)20/h2-7H,8H2,1H3,(H,22,23). The number of nitrogens with one attached hydrogen (secondary N) is 1. The number of halogens is 4. The van der Waals surface area contributed by atoms with Crippen LogP contribution in [0.25, 0.3) is 0 Å². The summed E-state index contributed by atoms with van der Waals surface area (Å²) in [7, 11) is 0. The minimum atomic E-state index is -0.430. The van der Waals surface area contributed by atoms with Crippen molar-refractivity contribution in [2.24, 2.45) is 5.10 Å². The van der Waals surface area contributed by atoms with E-state index in [4.69, 9.17) is 51.1 Å². The van der Waals surface area contributed by atoms with E-state index >= 15 is 0 Å². The number of hydrogen-bond acceptors (Lipinski definition) is 3. The maximum Gasteiger partial charge on any atom is 0.277 e. The Morgan fingerprint density at radius 3 is 2.46 bits per heavy atom. The Balaban J connectivity index is 1.93. The van der Waals surface area contributed by atoms with Gasteiger partial charge in [0.1, 0.15) is 5.75 Å². The molecule has 2 aromatic carbocycles. The van der Waals surface area contributed by atoms with Gasteiger partial charge in [0.25, 0.3) is 5.91 Å². The smallest absolute Gasteiger partial charge is 0.277 e. The number of ether oxygens (including phenoxy) is 1. The van der Waals surface area contributed by atoms with Crippen LogP contribution in [-0.4, -0.2) is 18.2 Å². The van der Waals surface area contributed by atoms with Gasteiger partial charge in [-0.15, -0.1) is 0 Å². The Hall–Kier alpha value is -1.46. The molecule has 2 aromatic rings. The van der Waals surface area contributed by atoms with Crippen LogP contribution < -0.4 is 10.2 Å². The molecule has 0 aliphatic rings. The third-order valence-electron chi connectivity index (χ3n) is 2.94. The van der Waals surface area contributed by atoms with Crippen molar-refractivity contribution >= 4 is 58.0 Å². The van der Waals surface area contributed by atoms with Gasteiger partial charge in [0.05, 0.1) is 20.8 Å². The third-order valence-corrected chi connectivity index (χ3v) is 4.21. The first-order valence-electron chi connectivity index (χ1n) is 6.73. The molecule has 0 fully saturated rings. The minimum absolute atomic E-state index is 0.237. The van der Waals surface area contributed by atoms with Gasteiger partial charge in [-0.1, -0.05) is 52.5 Å². The SMILES string of the molecule is CC(=NNC(=O)COc1ccc(Cl)cc1Cl)c1ccc(Cl)c(Cl)c1. The number of amides is 1. The Kier molecular flexibility index (Phi) is 6.75. The zero-order valence-corrected chi connectivity index (χ0v) is 15.5. The van der Waals surface area contributed by atoms with Crippen molar-refractivity contribution in [2.45, 2.75) is 6.92 Å². The molecule has 2 rings (SSSR count). The van der Waals surface area contributed by atoms with Crippen molar-refractivity contribution in [3.63, 3.8) is 0 Å². The molecule has 0 saturated carbocycles. The molecule has 126 valence electrons. The molecule has 0 aromatic heterocycles. The molecule has 1 N–H and O–H groups in total. The summed E-state index contributed by atoms with van der Waals surface area (Å²) in [5.41, 5.74) is 3.71. The number of hydrazone groups is 1. The van der Waals surface area contributed by atoms with Crippen molar-refractivity contribution < 1.29 is 9.53 Å². The van der Waals surface area contributed by atoms with Gasteiger partial charge in [0.15, 0.2) is 6.61 Å². The molecule has 0 aliphatic carbocycles. The summed E-state index contributed by atoms with van der Waals surface area (Å²) in [5, 5.41) is 5.67. The van der Waals surface area contributed by atoms with E-state index in [-0.39, 0.29) is 6.61 Å². The van der Waals surface area contributed by atoms with E-state index in [0.29, 0.717) is 31.6 Å². The van der Waals surface area contributed by atoms with Gasteiger partial charge in [-0.05, 0) is 42.8 Å². The van der Waals surface area contributed by atoms with Crippen LogP contribution in [0.4, 0.5) is 0 Å². The van der Waals surface area contributed by atoms with Crippen molar-refractivity contribution in [1.82, 2.24) is 5.43 Å². The van der Waals surface area contributed by atoms with E-state index < -0.39 is 5.91 Å². The first-order valence-corrected chi connectivity index (χ1v) is 8.24. The topological polar surface area (TPSA) is 50.7 Å². The normalized spacial score (nSPS) is 11.3. The fourth-order valence-electron chi connectivity index (χ4n) is 1.70. The predicted molar refractivity (Wildman–Crippen MR) is 98.8 cm³/mol. The van der Waals surface area contributed by atoms with Crippen LogP contribution in [0.15, 0.2) is 41.5 Å². The van der Waals surface area contributed by atoms with Gasteiger partial charge < -0.3 is 4.74 Å². The maximum atomic E-state index is 11.8. The van der Waals surface area contributed by atoms with Crippen molar-refractivity contribution in [1.29, 1.82) is 0 Å². The van der Waals surface area contributed by atoms with Gasteiger partial charge in [0.2, 0.25) is 0 Å². The van der Waals surface area contributed by atoms with Crippen LogP contribution in [0.1, 0.15) is 12.5 Å². The molecular weight excluding hydrogens is 394 g/mol. The zero-order valence-electron chi connectivity index (χ0n) is 12.4. The summed E-state index contributed by atoms with van der Waals surface area (Å²) in [6, 6.07) is 9.81. The summed E-state index contributed by atoms with van der Waals surface area (Å²) in [5.74, 6) is -0.0678. The van der Waals surface area contributed by atoms with Crippen molar-refractivity contribution in [3.8, 4) is 5.75 Å². The van der Waals surface area contributed by atoms with Gasteiger partial charge in [-0.3, -0.25) is 4.79 Å². The summed E-state index contributed by atoms with van der Waals surface area (Å²) >= 11 is 23.6. The summed E-state index contributed by atoms with van der Waals surface area (Å²) in [4.78, 5) is 11.8. The lowest BCUT2D eigenvalue weighted by Crippen LogP contribution is -2.25. The lowest BCUT2D eigenvalue weighted by atomic mass is 10.1. The average Bonchev–Trinajstić information content (AvgIpc) is 2.54. The molecule has 8 heteroatoms. The van der Waals surface area contributed by atoms with E-state index in [2.05, 4.69) is 10.5 Å². The molecule has 0 unspecified atom stereocenters. The summed E-state index contributed by atoms with van der Waals surface area (Å²) < 4.78 is 5.32. The van der Waals surface area contributed by atoms with Gasteiger partial charge in [0, 0.05) is 5.02 Å². The highest BCUT2D eigenvalue weighted by Gasteiger charge is 2.07. The van der Waals surface area contributed by atoms with E-state index in [1.807, 2.05) is 0 Å². The fourth-order valence-corrected chi connectivity index (χ4v) is 2.46. The number of benzene rings is 2. The molecule has 0 radical (unpaired) electrons. The Bertz CT molecular complexity index is 794. The number of carbonyl (C=O) groups excluding carboxylic acids is 1.